The molecule has 0 amide bonds. The fraction of sp³-hybridized carbons (Fsp3) is 0.500. The highest BCUT2D eigenvalue weighted by atomic mass is 32.2. The number of nitrogens with one attached hydrogen (secondary N) is 1. The predicted molar refractivity (Wildman–Crippen MR) is 64.2 cm³/mol. The van der Waals surface area contributed by atoms with Crippen molar-refractivity contribution in [3.8, 4) is 0 Å². The molecule has 2 rings (SSSR count). The maximum atomic E-state index is 3.54. The Bertz CT molecular complexity index is 344. The Morgan fingerprint density at radius 2 is 2.14 bits per heavy atom. The molecule has 1 aromatic carbocycles. The molecule has 0 saturated heterocycles. The van der Waals surface area contributed by atoms with Crippen LogP contribution in [0.15, 0.2) is 23.1 Å². The second-order valence-electron chi connectivity index (χ2n) is 4.81. The van der Waals surface area contributed by atoms with E-state index < -0.39 is 0 Å². The summed E-state index contributed by atoms with van der Waals surface area (Å²) in [6.07, 6.45) is 0. The summed E-state index contributed by atoms with van der Waals surface area (Å²) in [6, 6.07) is 6.65. The molecule has 1 nitrogen and oxygen atoms in total. The van der Waals surface area contributed by atoms with E-state index in [1.54, 1.807) is 0 Å². The van der Waals surface area contributed by atoms with Crippen molar-refractivity contribution >= 4 is 17.4 Å². The van der Waals surface area contributed by atoms with E-state index in [9.17, 15) is 0 Å². The van der Waals surface area contributed by atoms with Crippen molar-refractivity contribution in [1.82, 2.24) is 0 Å². The average Bonchev–Trinajstić information content (AvgIpc) is 2.26. The summed E-state index contributed by atoms with van der Waals surface area (Å²) in [6.45, 7) is 7.83. The summed E-state index contributed by atoms with van der Waals surface area (Å²) >= 11 is 1.96. The van der Waals surface area contributed by atoms with Crippen LogP contribution < -0.4 is 5.32 Å². The molecule has 0 aliphatic carbocycles. The molecule has 0 spiro atoms. The van der Waals surface area contributed by atoms with E-state index in [4.69, 9.17) is 0 Å². The molecule has 0 radical (unpaired) electrons. The number of fused-ring (bicyclic) bond motifs is 1. The van der Waals surface area contributed by atoms with Gasteiger partial charge in [0.15, 0.2) is 0 Å². The first-order chi connectivity index (χ1) is 6.57. The zero-order valence-electron chi connectivity index (χ0n) is 9.05. The summed E-state index contributed by atoms with van der Waals surface area (Å²) in [5, 5.41) is 3.54. The maximum Gasteiger partial charge on any atom is 0.0481 e. The van der Waals surface area contributed by atoms with Crippen LogP contribution in [-0.4, -0.2) is 12.3 Å². The Morgan fingerprint density at radius 3 is 2.93 bits per heavy atom. The Labute approximate surface area is 90.3 Å². The Kier molecular flexibility index (Phi) is 2.48. The van der Waals surface area contributed by atoms with E-state index in [-0.39, 0.29) is 0 Å². The first-order valence-corrected chi connectivity index (χ1v) is 6.03. The van der Waals surface area contributed by atoms with Crippen LogP contribution in [0.1, 0.15) is 19.4 Å². The number of aryl methyl sites for hydroxylation is 1. The van der Waals surface area contributed by atoms with Crippen molar-refractivity contribution in [1.29, 1.82) is 0 Å². The molecule has 0 fully saturated rings. The van der Waals surface area contributed by atoms with Gasteiger partial charge in [0.2, 0.25) is 0 Å². The molecular weight excluding hydrogens is 190 g/mol. The summed E-state index contributed by atoms with van der Waals surface area (Å²) in [5.74, 6) is 1.19. The van der Waals surface area contributed by atoms with Gasteiger partial charge in [-0.15, -0.1) is 11.8 Å². The van der Waals surface area contributed by atoms with Crippen molar-refractivity contribution in [2.24, 2.45) is 5.41 Å². The number of hydrogen-bond donors (Lipinski definition) is 1. The SMILES string of the molecule is Cc1ccc2c(c1)NCC(C)(C)CS2. The van der Waals surface area contributed by atoms with Gasteiger partial charge in [0.1, 0.15) is 0 Å². The summed E-state index contributed by atoms with van der Waals surface area (Å²) in [5.41, 5.74) is 3.02. The molecule has 1 N–H and O–H groups in total. The first-order valence-electron chi connectivity index (χ1n) is 5.04. The van der Waals surface area contributed by atoms with Gasteiger partial charge in [-0.1, -0.05) is 19.9 Å². The number of hydrogen-bond acceptors (Lipinski definition) is 2. The Morgan fingerprint density at radius 1 is 1.36 bits per heavy atom. The fourth-order valence-corrected chi connectivity index (χ4v) is 2.67. The molecular formula is C12H17NS. The zero-order valence-corrected chi connectivity index (χ0v) is 9.87. The van der Waals surface area contributed by atoms with Crippen LogP contribution in [0.3, 0.4) is 0 Å². The van der Waals surface area contributed by atoms with Crippen LogP contribution in [0.2, 0.25) is 0 Å². The van der Waals surface area contributed by atoms with Crippen LogP contribution in [-0.2, 0) is 0 Å². The van der Waals surface area contributed by atoms with Crippen LogP contribution in [0, 0.1) is 12.3 Å². The number of rotatable bonds is 0. The van der Waals surface area contributed by atoms with Crippen LogP contribution in [0.4, 0.5) is 5.69 Å². The van der Waals surface area contributed by atoms with Gasteiger partial charge in [-0.3, -0.25) is 0 Å². The maximum absolute atomic E-state index is 3.54. The number of thioether (sulfide) groups is 1. The van der Waals surface area contributed by atoms with Gasteiger partial charge in [-0.2, -0.15) is 0 Å². The number of benzene rings is 1. The summed E-state index contributed by atoms with van der Waals surface area (Å²) in [7, 11) is 0. The van der Waals surface area contributed by atoms with E-state index in [0.717, 1.165) is 6.54 Å². The smallest absolute Gasteiger partial charge is 0.0481 e. The molecule has 0 unspecified atom stereocenters. The monoisotopic (exact) mass is 207 g/mol. The average molecular weight is 207 g/mol. The van der Waals surface area contributed by atoms with Crippen molar-refractivity contribution < 1.29 is 0 Å². The third-order valence-corrected chi connectivity index (χ3v) is 4.10. The molecule has 1 aromatic rings. The van der Waals surface area contributed by atoms with Gasteiger partial charge in [-0.05, 0) is 30.0 Å². The highest BCUT2D eigenvalue weighted by Crippen LogP contribution is 2.36. The molecule has 1 aliphatic rings. The summed E-state index contributed by atoms with van der Waals surface area (Å²) < 4.78 is 0. The second kappa shape index (κ2) is 3.50. The minimum absolute atomic E-state index is 0.386. The first kappa shape index (κ1) is 9.91. The van der Waals surface area contributed by atoms with Gasteiger partial charge >= 0.3 is 0 Å². The van der Waals surface area contributed by atoms with Crippen molar-refractivity contribution in [3.05, 3.63) is 23.8 Å². The minimum atomic E-state index is 0.386. The zero-order chi connectivity index (χ0) is 10.2. The highest BCUT2D eigenvalue weighted by Gasteiger charge is 2.22. The number of anilines is 1. The van der Waals surface area contributed by atoms with Crippen LogP contribution in [0.5, 0.6) is 0 Å². The molecule has 14 heavy (non-hydrogen) atoms. The van der Waals surface area contributed by atoms with Gasteiger partial charge in [0.05, 0.1) is 0 Å². The normalized spacial score (nSPS) is 19.4. The Hall–Kier alpha value is -0.630. The quantitative estimate of drug-likeness (QED) is 0.698. The second-order valence-corrected chi connectivity index (χ2v) is 5.82. The van der Waals surface area contributed by atoms with E-state index in [1.807, 2.05) is 11.8 Å². The molecule has 1 aliphatic heterocycles. The lowest BCUT2D eigenvalue weighted by molar-refractivity contribution is 0.456. The fourth-order valence-electron chi connectivity index (χ4n) is 1.57. The minimum Gasteiger partial charge on any atom is -0.384 e. The predicted octanol–water partition coefficient (Wildman–Crippen LogP) is 3.54. The van der Waals surface area contributed by atoms with Crippen LogP contribution in [0.25, 0.3) is 0 Å². The van der Waals surface area contributed by atoms with Crippen molar-refractivity contribution in [2.75, 3.05) is 17.6 Å². The molecule has 0 aromatic heterocycles. The van der Waals surface area contributed by atoms with Gasteiger partial charge < -0.3 is 5.32 Å². The molecule has 0 atom stereocenters. The topological polar surface area (TPSA) is 12.0 Å². The molecule has 76 valence electrons. The molecule has 2 heteroatoms. The van der Waals surface area contributed by atoms with Crippen molar-refractivity contribution in [2.45, 2.75) is 25.7 Å². The van der Waals surface area contributed by atoms with Crippen molar-refractivity contribution in [3.63, 3.8) is 0 Å². The molecule has 1 heterocycles. The standard InChI is InChI=1S/C12H17NS/c1-9-4-5-11-10(6-9)13-7-12(2,3)8-14-11/h4-6,13H,7-8H2,1-3H3. The summed E-state index contributed by atoms with van der Waals surface area (Å²) in [4.78, 5) is 1.39. The van der Waals surface area contributed by atoms with Gasteiger partial charge in [0.25, 0.3) is 0 Å². The third kappa shape index (κ3) is 2.06. The lowest BCUT2D eigenvalue weighted by Gasteiger charge is -2.21. The molecule has 0 bridgehead atoms. The van der Waals surface area contributed by atoms with E-state index in [0.29, 0.717) is 5.41 Å². The third-order valence-electron chi connectivity index (χ3n) is 2.51. The largest absolute Gasteiger partial charge is 0.384 e. The van der Waals surface area contributed by atoms with E-state index >= 15 is 0 Å². The van der Waals surface area contributed by atoms with E-state index in [2.05, 4.69) is 44.3 Å². The highest BCUT2D eigenvalue weighted by molar-refractivity contribution is 7.99. The lowest BCUT2D eigenvalue weighted by Crippen LogP contribution is -2.23. The van der Waals surface area contributed by atoms with Gasteiger partial charge in [0, 0.05) is 22.9 Å². The van der Waals surface area contributed by atoms with Gasteiger partial charge in [-0.25, -0.2) is 0 Å². The van der Waals surface area contributed by atoms with Crippen LogP contribution >= 0.6 is 11.8 Å². The van der Waals surface area contributed by atoms with E-state index in [1.165, 1.54) is 21.9 Å². The lowest BCUT2D eigenvalue weighted by atomic mass is 9.96. The molecule has 0 saturated carbocycles. The Balaban J connectivity index is 2.30.